The Kier molecular flexibility index (Phi) is 3.23. The van der Waals surface area contributed by atoms with Crippen LogP contribution in [-0.2, 0) is 0 Å². The van der Waals surface area contributed by atoms with Crippen molar-refractivity contribution in [1.82, 2.24) is 10.2 Å². The summed E-state index contributed by atoms with van der Waals surface area (Å²) in [7, 11) is 0. The van der Waals surface area contributed by atoms with Crippen LogP contribution in [0.3, 0.4) is 0 Å². The van der Waals surface area contributed by atoms with Crippen LogP contribution in [0.15, 0.2) is 42.5 Å². The third-order valence-corrected chi connectivity index (χ3v) is 2.88. The standard InChI is InChI=1S/C14H10F2N4O/c15-8-5-6-12(10(16)7-8)17-14(21)18-13-9-3-1-2-4-11(9)19-20-13/h1-7H,(H3,17,18,19,20,21). The largest absolute Gasteiger partial charge is 0.324 e. The number of nitrogens with one attached hydrogen (secondary N) is 3. The first-order valence-electron chi connectivity index (χ1n) is 6.09. The molecule has 5 nitrogen and oxygen atoms in total. The van der Waals surface area contributed by atoms with Crippen molar-refractivity contribution >= 4 is 28.4 Å². The number of fused-ring (bicyclic) bond motifs is 1. The van der Waals surface area contributed by atoms with Crippen LogP contribution in [0.25, 0.3) is 10.9 Å². The second kappa shape index (κ2) is 5.20. The summed E-state index contributed by atoms with van der Waals surface area (Å²) < 4.78 is 26.2. The minimum atomic E-state index is -0.850. The van der Waals surface area contributed by atoms with Crippen molar-refractivity contribution in [1.29, 1.82) is 0 Å². The Morgan fingerprint density at radius 3 is 2.71 bits per heavy atom. The number of hydrogen-bond donors (Lipinski definition) is 3. The average Bonchev–Trinajstić information content (AvgIpc) is 2.85. The Morgan fingerprint density at radius 1 is 1.10 bits per heavy atom. The molecule has 0 aliphatic rings. The van der Waals surface area contributed by atoms with Crippen molar-refractivity contribution < 1.29 is 13.6 Å². The predicted molar refractivity (Wildman–Crippen MR) is 75.1 cm³/mol. The first kappa shape index (κ1) is 13.0. The van der Waals surface area contributed by atoms with Gasteiger partial charge < -0.3 is 5.32 Å². The molecule has 21 heavy (non-hydrogen) atoms. The van der Waals surface area contributed by atoms with Crippen molar-refractivity contribution in [3.8, 4) is 0 Å². The third-order valence-electron chi connectivity index (χ3n) is 2.88. The summed E-state index contributed by atoms with van der Waals surface area (Å²) in [4.78, 5) is 11.8. The number of nitrogens with zero attached hydrogens (tertiary/aromatic N) is 1. The first-order chi connectivity index (χ1) is 10.1. The molecule has 0 bridgehead atoms. The molecular formula is C14H10F2N4O. The molecule has 3 rings (SSSR count). The Balaban J connectivity index is 1.77. The normalized spacial score (nSPS) is 10.6. The van der Waals surface area contributed by atoms with E-state index in [1.807, 2.05) is 12.1 Å². The zero-order valence-corrected chi connectivity index (χ0v) is 10.7. The van der Waals surface area contributed by atoms with Gasteiger partial charge in [-0.1, -0.05) is 12.1 Å². The minimum absolute atomic E-state index is 0.117. The summed E-state index contributed by atoms with van der Waals surface area (Å²) >= 11 is 0. The molecule has 0 atom stereocenters. The van der Waals surface area contributed by atoms with Gasteiger partial charge in [0.05, 0.1) is 11.2 Å². The molecule has 0 saturated heterocycles. The van der Waals surface area contributed by atoms with E-state index in [0.717, 1.165) is 23.0 Å². The number of carbonyl (C=O) groups excluding carboxylic acids is 1. The van der Waals surface area contributed by atoms with Gasteiger partial charge in [-0.05, 0) is 24.3 Å². The molecule has 1 aromatic heterocycles. The number of halogens is 2. The van der Waals surface area contributed by atoms with E-state index in [4.69, 9.17) is 0 Å². The molecule has 2 aromatic carbocycles. The molecule has 3 N–H and O–H groups in total. The number of aromatic nitrogens is 2. The number of amides is 2. The number of para-hydroxylation sites is 1. The topological polar surface area (TPSA) is 69.8 Å². The van der Waals surface area contributed by atoms with Crippen LogP contribution in [-0.4, -0.2) is 16.2 Å². The maximum Gasteiger partial charge on any atom is 0.324 e. The lowest BCUT2D eigenvalue weighted by atomic mass is 10.2. The van der Waals surface area contributed by atoms with E-state index in [1.165, 1.54) is 0 Å². The zero-order chi connectivity index (χ0) is 14.8. The molecule has 0 unspecified atom stereocenters. The van der Waals surface area contributed by atoms with Crippen LogP contribution in [0.5, 0.6) is 0 Å². The fourth-order valence-corrected chi connectivity index (χ4v) is 1.91. The van der Waals surface area contributed by atoms with E-state index in [9.17, 15) is 13.6 Å². The number of aromatic amines is 1. The lowest BCUT2D eigenvalue weighted by Crippen LogP contribution is -2.20. The highest BCUT2D eigenvalue weighted by atomic mass is 19.1. The number of rotatable bonds is 2. The SMILES string of the molecule is O=C(Nc1ccc(F)cc1F)Nc1n[nH]c2ccccc12. The van der Waals surface area contributed by atoms with Crippen molar-refractivity contribution in [3.05, 3.63) is 54.1 Å². The second-order valence-electron chi connectivity index (χ2n) is 4.32. The number of anilines is 2. The maximum absolute atomic E-state index is 13.4. The summed E-state index contributed by atoms with van der Waals surface area (Å²) in [5, 5.41) is 12.2. The lowest BCUT2D eigenvalue weighted by Gasteiger charge is -2.07. The van der Waals surface area contributed by atoms with Gasteiger partial charge in [0.25, 0.3) is 0 Å². The van der Waals surface area contributed by atoms with Gasteiger partial charge in [-0.15, -0.1) is 0 Å². The van der Waals surface area contributed by atoms with Crippen LogP contribution in [0.1, 0.15) is 0 Å². The van der Waals surface area contributed by atoms with Gasteiger partial charge in [0.15, 0.2) is 5.82 Å². The Labute approximate surface area is 118 Å². The van der Waals surface area contributed by atoms with Gasteiger partial charge in [-0.3, -0.25) is 10.4 Å². The Bertz CT molecular complexity index is 816. The second-order valence-corrected chi connectivity index (χ2v) is 4.32. The summed E-state index contributed by atoms with van der Waals surface area (Å²) in [5.41, 5.74) is 0.648. The van der Waals surface area contributed by atoms with Gasteiger partial charge in [-0.25, -0.2) is 13.6 Å². The van der Waals surface area contributed by atoms with Crippen molar-refractivity contribution in [3.63, 3.8) is 0 Å². The van der Waals surface area contributed by atoms with Crippen LogP contribution < -0.4 is 10.6 Å². The van der Waals surface area contributed by atoms with E-state index in [2.05, 4.69) is 20.8 Å². The highest BCUT2D eigenvalue weighted by Gasteiger charge is 2.11. The monoisotopic (exact) mass is 288 g/mol. The molecule has 0 saturated carbocycles. The van der Waals surface area contributed by atoms with E-state index in [0.29, 0.717) is 11.9 Å². The summed E-state index contributed by atoms with van der Waals surface area (Å²) in [6, 6.07) is 9.46. The Morgan fingerprint density at radius 2 is 1.90 bits per heavy atom. The van der Waals surface area contributed by atoms with Crippen LogP contribution in [0.2, 0.25) is 0 Å². The summed E-state index contributed by atoms with van der Waals surface area (Å²) in [6.07, 6.45) is 0. The fourth-order valence-electron chi connectivity index (χ4n) is 1.91. The Hall–Kier alpha value is -2.96. The molecular weight excluding hydrogens is 278 g/mol. The van der Waals surface area contributed by atoms with Crippen LogP contribution >= 0.6 is 0 Å². The van der Waals surface area contributed by atoms with E-state index >= 15 is 0 Å². The number of benzene rings is 2. The molecule has 2 amide bonds. The number of H-pyrrole nitrogens is 1. The van der Waals surface area contributed by atoms with E-state index in [1.54, 1.807) is 12.1 Å². The summed E-state index contributed by atoms with van der Waals surface area (Å²) in [6.45, 7) is 0. The highest BCUT2D eigenvalue weighted by Crippen LogP contribution is 2.20. The van der Waals surface area contributed by atoms with Crippen molar-refractivity contribution in [2.45, 2.75) is 0 Å². The quantitative estimate of drug-likeness (QED) is 0.675. The molecule has 0 radical (unpaired) electrons. The number of carbonyl (C=O) groups is 1. The smallest absolute Gasteiger partial charge is 0.305 e. The molecule has 3 aromatic rings. The van der Waals surface area contributed by atoms with Crippen molar-refractivity contribution in [2.24, 2.45) is 0 Å². The number of urea groups is 1. The predicted octanol–water partition coefficient (Wildman–Crippen LogP) is 3.49. The molecule has 0 aliphatic carbocycles. The zero-order valence-electron chi connectivity index (χ0n) is 10.7. The third kappa shape index (κ3) is 2.66. The van der Waals surface area contributed by atoms with Gasteiger partial charge in [-0.2, -0.15) is 5.10 Å². The maximum atomic E-state index is 13.4. The number of hydrogen-bond acceptors (Lipinski definition) is 2. The van der Waals surface area contributed by atoms with E-state index < -0.39 is 17.7 Å². The van der Waals surface area contributed by atoms with Gasteiger partial charge in [0, 0.05) is 11.5 Å². The molecule has 7 heteroatoms. The lowest BCUT2D eigenvalue weighted by molar-refractivity contribution is 0.262. The molecule has 0 aliphatic heterocycles. The van der Waals surface area contributed by atoms with Gasteiger partial charge >= 0.3 is 6.03 Å². The van der Waals surface area contributed by atoms with Crippen LogP contribution in [0, 0.1) is 11.6 Å². The first-order valence-corrected chi connectivity index (χ1v) is 6.09. The van der Waals surface area contributed by atoms with Crippen LogP contribution in [0.4, 0.5) is 25.1 Å². The molecule has 106 valence electrons. The fraction of sp³-hybridized carbons (Fsp3) is 0. The highest BCUT2D eigenvalue weighted by molar-refractivity contribution is 6.04. The molecule has 1 heterocycles. The minimum Gasteiger partial charge on any atom is -0.305 e. The van der Waals surface area contributed by atoms with Gasteiger partial charge in [0.2, 0.25) is 0 Å². The summed E-state index contributed by atoms with van der Waals surface area (Å²) in [5.74, 6) is -1.24. The molecule has 0 fully saturated rings. The van der Waals surface area contributed by atoms with Gasteiger partial charge in [0.1, 0.15) is 11.6 Å². The average molecular weight is 288 g/mol. The van der Waals surface area contributed by atoms with Crippen molar-refractivity contribution in [2.75, 3.05) is 10.6 Å². The van der Waals surface area contributed by atoms with E-state index in [-0.39, 0.29) is 5.69 Å². The molecule has 0 spiro atoms.